The average molecular weight is 374 g/mol. The Bertz CT molecular complexity index is 931. The smallest absolute Gasteiger partial charge is 0.231 e. The first-order valence-corrected chi connectivity index (χ1v) is 10.1. The van der Waals surface area contributed by atoms with E-state index in [0.717, 1.165) is 47.8 Å². The summed E-state index contributed by atoms with van der Waals surface area (Å²) >= 11 is 0. The van der Waals surface area contributed by atoms with E-state index in [0.29, 0.717) is 0 Å². The molecule has 3 aromatic rings. The topological polar surface area (TPSA) is 59.8 Å². The third kappa shape index (κ3) is 3.84. The zero-order valence-corrected chi connectivity index (χ0v) is 16.3. The van der Waals surface area contributed by atoms with Crippen LogP contribution in [0, 0.1) is 0 Å². The molecule has 0 spiro atoms. The van der Waals surface area contributed by atoms with E-state index in [9.17, 15) is 4.79 Å². The highest BCUT2D eigenvalue weighted by Crippen LogP contribution is 2.25. The van der Waals surface area contributed by atoms with Crippen LogP contribution >= 0.6 is 0 Å². The molecule has 0 saturated carbocycles. The number of fused-ring (bicyclic) bond motifs is 1. The second-order valence-electron chi connectivity index (χ2n) is 7.34. The van der Waals surface area contributed by atoms with Gasteiger partial charge in [-0.3, -0.25) is 4.79 Å². The third-order valence-corrected chi connectivity index (χ3v) is 5.45. The number of nitrogens with one attached hydrogen (secondary N) is 1. The molecule has 28 heavy (non-hydrogen) atoms. The van der Waals surface area contributed by atoms with Crippen LogP contribution in [0.2, 0.25) is 0 Å². The first-order chi connectivity index (χ1) is 13.8. The van der Waals surface area contributed by atoms with Gasteiger partial charge in [-0.25, -0.2) is 0 Å². The number of amides is 1. The number of aromatic nitrogens is 3. The molecular weight excluding hydrogens is 348 g/mol. The Balaban J connectivity index is 1.49. The number of carbonyl (C=O) groups is 1. The monoisotopic (exact) mass is 374 g/mol. The van der Waals surface area contributed by atoms with Crippen LogP contribution in [0.3, 0.4) is 0 Å². The highest BCUT2D eigenvalue weighted by atomic mass is 16.1. The second-order valence-corrected chi connectivity index (χ2v) is 7.34. The van der Waals surface area contributed by atoms with Crippen molar-refractivity contribution in [2.24, 2.45) is 0 Å². The lowest BCUT2D eigenvalue weighted by Crippen LogP contribution is -2.20. The van der Waals surface area contributed by atoms with Crippen molar-refractivity contribution in [3.8, 4) is 11.4 Å². The standard InChI is InChI=1S/C23H26N4O/c1-2-20(17-9-5-3-6-10-17)23(28)24-19-14-12-18(13-15-19)22-26-25-21-11-7-4-8-16-27(21)22/h3,5-6,9-10,12-15,20H,2,4,7-8,11,16H2,1H3,(H,24,28)/t20-/m1/s1. The molecule has 1 N–H and O–H groups in total. The molecule has 0 fully saturated rings. The highest BCUT2D eigenvalue weighted by molar-refractivity contribution is 5.96. The molecule has 2 heterocycles. The van der Waals surface area contributed by atoms with Gasteiger partial charge in [0.1, 0.15) is 5.82 Å². The number of aryl methyl sites for hydroxylation is 1. The number of rotatable bonds is 5. The minimum Gasteiger partial charge on any atom is -0.326 e. The lowest BCUT2D eigenvalue weighted by molar-refractivity contribution is -0.117. The average Bonchev–Trinajstić information content (AvgIpc) is 2.98. The van der Waals surface area contributed by atoms with Gasteiger partial charge in [-0.15, -0.1) is 10.2 Å². The van der Waals surface area contributed by atoms with Gasteiger partial charge in [0.15, 0.2) is 5.82 Å². The Labute approximate surface area is 165 Å². The molecule has 0 aliphatic carbocycles. The maximum atomic E-state index is 12.7. The van der Waals surface area contributed by atoms with Crippen molar-refractivity contribution in [2.45, 2.75) is 51.5 Å². The van der Waals surface area contributed by atoms with Gasteiger partial charge >= 0.3 is 0 Å². The molecule has 5 heteroatoms. The van der Waals surface area contributed by atoms with Gasteiger partial charge in [-0.2, -0.15) is 0 Å². The highest BCUT2D eigenvalue weighted by Gasteiger charge is 2.19. The molecule has 1 amide bonds. The fraction of sp³-hybridized carbons (Fsp3) is 0.348. The molecule has 1 aromatic heterocycles. The van der Waals surface area contributed by atoms with E-state index in [4.69, 9.17) is 0 Å². The Morgan fingerprint density at radius 3 is 2.57 bits per heavy atom. The van der Waals surface area contributed by atoms with Gasteiger partial charge in [-0.1, -0.05) is 43.7 Å². The summed E-state index contributed by atoms with van der Waals surface area (Å²) in [5.41, 5.74) is 2.89. The summed E-state index contributed by atoms with van der Waals surface area (Å²) in [4.78, 5) is 12.7. The Morgan fingerprint density at radius 2 is 1.82 bits per heavy atom. The molecule has 0 saturated heterocycles. The minimum atomic E-state index is -0.145. The zero-order valence-electron chi connectivity index (χ0n) is 16.3. The van der Waals surface area contributed by atoms with E-state index in [-0.39, 0.29) is 11.8 Å². The second kappa shape index (κ2) is 8.38. The van der Waals surface area contributed by atoms with Crippen molar-refractivity contribution in [1.29, 1.82) is 0 Å². The lowest BCUT2D eigenvalue weighted by atomic mass is 9.95. The number of benzene rings is 2. The molecule has 0 radical (unpaired) electrons. The molecule has 2 aromatic carbocycles. The molecule has 0 unspecified atom stereocenters. The lowest BCUT2D eigenvalue weighted by Gasteiger charge is -2.15. The summed E-state index contributed by atoms with van der Waals surface area (Å²) < 4.78 is 2.24. The van der Waals surface area contributed by atoms with Crippen LogP contribution in [-0.2, 0) is 17.8 Å². The molecule has 0 bridgehead atoms. The first kappa shape index (κ1) is 18.4. The maximum absolute atomic E-state index is 12.7. The molecule has 144 valence electrons. The number of nitrogens with zero attached hydrogens (tertiary/aromatic N) is 3. The van der Waals surface area contributed by atoms with Gasteiger partial charge in [0.05, 0.1) is 5.92 Å². The summed E-state index contributed by atoms with van der Waals surface area (Å²) in [6.45, 7) is 3.02. The summed E-state index contributed by atoms with van der Waals surface area (Å²) in [5, 5.41) is 11.8. The van der Waals surface area contributed by atoms with Gasteiger partial charge in [0, 0.05) is 24.2 Å². The Hall–Kier alpha value is -2.95. The van der Waals surface area contributed by atoms with Crippen LogP contribution in [-0.4, -0.2) is 20.7 Å². The van der Waals surface area contributed by atoms with E-state index >= 15 is 0 Å². The maximum Gasteiger partial charge on any atom is 0.231 e. The van der Waals surface area contributed by atoms with Crippen LogP contribution < -0.4 is 5.32 Å². The van der Waals surface area contributed by atoms with Crippen molar-refractivity contribution >= 4 is 11.6 Å². The number of carbonyl (C=O) groups excluding carboxylic acids is 1. The first-order valence-electron chi connectivity index (χ1n) is 10.1. The minimum absolute atomic E-state index is 0.0257. The van der Waals surface area contributed by atoms with Crippen molar-refractivity contribution in [2.75, 3.05) is 5.32 Å². The molecule has 1 aliphatic heterocycles. The van der Waals surface area contributed by atoms with Crippen LogP contribution in [0.5, 0.6) is 0 Å². The molecule has 1 aliphatic rings. The van der Waals surface area contributed by atoms with E-state index in [2.05, 4.69) is 20.1 Å². The van der Waals surface area contributed by atoms with Gasteiger partial charge in [0.25, 0.3) is 0 Å². The predicted molar refractivity (Wildman–Crippen MR) is 111 cm³/mol. The van der Waals surface area contributed by atoms with Gasteiger partial charge in [0.2, 0.25) is 5.91 Å². The summed E-state index contributed by atoms with van der Waals surface area (Å²) in [6, 6.07) is 17.9. The number of anilines is 1. The summed E-state index contributed by atoms with van der Waals surface area (Å²) in [7, 11) is 0. The van der Waals surface area contributed by atoms with Crippen molar-refractivity contribution < 1.29 is 4.79 Å². The van der Waals surface area contributed by atoms with Crippen LogP contribution in [0.1, 0.15) is 49.9 Å². The third-order valence-electron chi connectivity index (χ3n) is 5.45. The Kier molecular flexibility index (Phi) is 5.51. The van der Waals surface area contributed by atoms with Crippen molar-refractivity contribution in [1.82, 2.24) is 14.8 Å². The fourth-order valence-electron chi connectivity index (χ4n) is 3.89. The largest absolute Gasteiger partial charge is 0.326 e. The van der Waals surface area contributed by atoms with E-state index in [1.54, 1.807) is 0 Å². The number of hydrogen-bond acceptors (Lipinski definition) is 3. The summed E-state index contributed by atoms with van der Waals surface area (Å²) in [6.07, 6.45) is 5.36. The zero-order chi connectivity index (χ0) is 19.3. The van der Waals surface area contributed by atoms with Crippen molar-refractivity contribution in [3.05, 3.63) is 66.0 Å². The fourth-order valence-corrected chi connectivity index (χ4v) is 3.89. The molecular formula is C23H26N4O. The SMILES string of the molecule is CC[C@@H](C(=O)Nc1ccc(-c2nnc3n2CCCCC3)cc1)c1ccccc1. The normalized spacial score (nSPS) is 14.8. The predicted octanol–water partition coefficient (Wildman–Crippen LogP) is 4.80. The van der Waals surface area contributed by atoms with Crippen LogP contribution in [0.4, 0.5) is 5.69 Å². The van der Waals surface area contributed by atoms with Crippen LogP contribution in [0.15, 0.2) is 54.6 Å². The van der Waals surface area contributed by atoms with Gasteiger partial charge in [-0.05, 0) is 49.1 Å². The molecule has 4 rings (SSSR count). The van der Waals surface area contributed by atoms with Crippen molar-refractivity contribution in [3.63, 3.8) is 0 Å². The van der Waals surface area contributed by atoms with Crippen LogP contribution in [0.25, 0.3) is 11.4 Å². The summed E-state index contributed by atoms with van der Waals surface area (Å²) in [5.74, 6) is 1.88. The molecule has 5 nitrogen and oxygen atoms in total. The van der Waals surface area contributed by atoms with E-state index in [1.807, 2.05) is 61.5 Å². The van der Waals surface area contributed by atoms with E-state index in [1.165, 1.54) is 19.3 Å². The van der Waals surface area contributed by atoms with E-state index < -0.39 is 0 Å². The Morgan fingerprint density at radius 1 is 1.04 bits per heavy atom. The number of hydrogen-bond donors (Lipinski definition) is 1. The quantitative estimate of drug-likeness (QED) is 0.697. The molecule has 1 atom stereocenters. The van der Waals surface area contributed by atoms with Gasteiger partial charge < -0.3 is 9.88 Å².